The fourth-order valence-electron chi connectivity index (χ4n) is 1.75. The van der Waals surface area contributed by atoms with E-state index in [0.29, 0.717) is 5.88 Å². The van der Waals surface area contributed by atoms with Crippen LogP contribution in [-0.2, 0) is 6.42 Å². The molecule has 0 aliphatic heterocycles. The largest absolute Gasteiger partial charge is 0.252 e. The number of hydrogen-bond acceptors (Lipinski definition) is 1. The van der Waals surface area contributed by atoms with Gasteiger partial charge in [-0.05, 0) is 47.6 Å². The van der Waals surface area contributed by atoms with Crippen LogP contribution in [0.15, 0.2) is 18.2 Å². The number of aryl methyl sites for hydroxylation is 1. The normalized spacial score (nSPS) is 11.0. The fraction of sp³-hybridized carbons (Fsp3) is 0.250. The average molecular weight is 366 g/mol. The van der Waals surface area contributed by atoms with Crippen LogP contribution in [0, 0.1) is 10.5 Å². The van der Waals surface area contributed by atoms with E-state index in [1.807, 2.05) is 25.1 Å². The van der Waals surface area contributed by atoms with Gasteiger partial charge in [-0.15, -0.1) is 11.6 Å². The number of rotatable bonds is 2. The van der Waals surface area contributed by atoms with Gasteiger partial charge in [0.2, 0.25) is 0 Å². The minimum absolute atomic E-state index is 0.567. The van der Waals surface area contributed by atoms with E-state index in [4.69, 9.17) is 23.2 Å². The van der Waals surface area contributed by atoms with Gasteiger partial charge in [0.15, 0.2) is 0 Å². The Bertz CT molecular complexity index is 540. The molecule has 0 spiro atoms. The van der Waals surface area contributed by atoms with Crippen LogP contribution in [0.25, 0.3) is 10.9 Å². The van der Waals surface area contributed by atoms with Crippen molar-refractivity contribution in [2.45, 2.75) is 13.3 Å². The number of benzene rings is 1. The van der Waals surface area contributed by atoms with E-state index in [1.165, 1.54) is 0 Å². The minimum Gasteiger partial charge on any atom is -0.252 e. The van der Waals surface area contributed by atoms with Crippen LogP contribution in [-0.4, -0.2) is 10.9 Å². The number of halogens is 3. The molecule has 84 valence electrons. The Morgan fingerprint density at radius 3 is 2.81 bits per heavy atom. The zero-order valence-corrected chi connectivity index (χ0v) is 12.4. The SMILES string of the molecule is Cc1nc2c(I)cccc2c(Cl)c1CCCl. The molecule has 2 aromatic rings. The molecule has 0 saturated carbocycles. The lowest BCUT2D eigenvalue weighted by molar-refractivity contribution is 1.07. The summed E-state index contributed by atoms with van der Waals surface area (Å²) in [5, 5.41) is 1.81. The molecule has 0 atom stereocenters. The quantitative estimate of drug-likeness (QED) is 0.560. The second kappa shape index (κ2) is 5.07. The smallest absolute Gasteiger partial charge is 0.0853 e. The molecule has 0 aliphatic carbocycles. The summed E-state index contributed by atoms with van der Waals surface area (Å²) in [6, 6.07) is 6.04. The van der Waals surface area contributed by atoms with Gasteiger partial charge < -0.3 is 0 Å². The molecule has 16 heavy (non-hydrogen) atoms. The second-order valence-electron chi connectivity index (χ2n) is 3.56. The molecule has 0 amide bonds. The molecule has 0 aliphatic rings. The maximum atomic E-state index is 6.40. The van der Waals surface area contributed by atoms with E-state index in [-0.39, 0.29) is 0 Å². The highest BCUT2D eigenvalue weighted by atomic mass is 127. The summed E-state index contributed by atoms with van der Waals surface area (Å²) in [6.45, 7) is 1.98. The molecular weight excluding hydrogens is 356 g/mol. The van der Waals surface area contributed by atoms with Gasteiger partial charge in [-0.1, -0.05) is 23.7 Å². The maximum absolute atomic E-state index is 6.40. The summed E-state index contributed by atoms with van der Waals surface area (Å²) < 4.78 is 1.12. The number of para-hydroxylation sites is 1. The number of pyridine rings is 1. The molecule has 0 unspecified atom stereocenters. The highest BCUT2D eigenvalue weighted by Crippen LogP contribution is 2.30. The topological polar surface area (TPSA) is 12.9 Å². The number of fused-ring (bicyclic) bond motifs is 1. The van der Waals surface area contributed by atoms with Crippen molar-refractivity contribution in [1.29, 1.82) is 0 Å². The summed E-state index contributed by atoms with van der Waals surface area (Å²) in [7, 11) is 0. The lowest BCUT2D eigenvalue weighted by atomic mass is 10.1. The average Bonchev–Trinajstić information content (AvgIpc) is 2.26. The van der Waals surface area contributed by atoms with Gasteiger partial charge in [-0.2, -0.15) is 0 Å². The van der Waals surface area contributed by atoms with Gasteiger partial charge in [-0.25, -0.2) is 0 Å². The molecule has 1 heterocycles. The summed E-state index contributed by atoms with van der Waals surface area (Å²) in [6.07, 6.45) is 0.765. The van der Waals surface area contributed by atoms with Crippen molar-refractivity contribution in [3.63, 3.8) is 0 Å². The van der Waals surface area contributed by atoms with Crippen molar-refractivity contribution in [2.24, 2.45) is 0 Å². The van der Waals surface area contributed by atoms with Crippen LogP contribution in [0.1, 0.15) is 11.3 Å². The Kier molecular flexibility index (Phi) is 3.93. The second-order valence-corrected chi connectivity index (χ2v) is 5.48. The first-order chi connectivity index (χ1) is 7.65. The summed E-state index contributed by atoms with van der Waals surface area (Å²) in [5.74, 6) is 0.567. The first-order valence-corrected chi connectivity index (χ1v) is 6.93. The van der Waals surface area contributed by atoms with E-state index < -0.39 is 0 Å². The number of nitrogens with zero attached hydrogens (tertiary/aromatic N) is 1. The molecule has 1 aromatic heterocycles. The molecule has 0 N–H and O–H groups in total. The van der Waals surface area contributed by atoms with Crippen molar-refractivity contribution in [1.82, 2.24) is 4.98 Å². The number of aromatic nitrogens is 1. The van der Waals surface area contributed by atoms with E-state index >= 15 is 0 Å². The van der Waals surface area contributed by atoms with Crippen LogP contribution in [0.2, 0.25) is 5.02 Å². The van der Waals surface area contributed by atoms with E-state index in [1.54, 1.807) is 0 Å². The third kappa shape index (κ3) is 2.15. The predicted octanol–water partition coefficient (Wildman–Crippen LogP) is 4.58. The first-order valence-electron chi connectivity index (χ1n) is 4.94. The zero-order chi connectivity index (χ0) is 11.7. The van der Waals surface area contributed by atoms with Gasteiger partial charge >= 0.3 is 0 Å². The van der Waals surface area contributed by atoms with E-state index in [0.717, 1.165) is 37.2 Å². The van der Waals surface area contributed by atoms with E-state index in [9.17, 15) is 0 Å². The summed E-state index contributed by atoms with van der Waals surface area (Å²) in [5.41, 5.74) is 3.01. The Hall–Kier alpha value is -0.0600. The van der Waals surface area contributed by atoms with Crippen LogP contribution >= 0.6 is 45.8 Å². The van der Waals surface area contributed by atoms with Gasteiger partial charge in [0.1, 0.15) is 0 Å². The third-order valence-corrected chi connectivity index (χ3v) is 4.04. The van der Waals surface area contributed by atoms with Gasteiger partial charge in [0.25, 0.3) is 0 Å². The molecule has 4 heteroatoms. The van der Waals surface area contributed by atoms with Crippen LogP contribution in [0.5, 0.6) is 0 Å². The van der Waals surface area contributed by atoms with Gasteiger partial charge in [0, 0.05) is 20.5 Å². The first kappa shape index (κ1) is 12.4. The fourth-order valence-corrected chi connectivity index (χ4v) is 2.94. The van der Waals surface area contributed by atoms with Crippen molar-refractivity contribution in [2.75, 3.05) is 5.88 Å². The van der Waals surface area contributed by atoms with E-state index in [2.05, 4.69) is 27.6 Å². The zero-order valence-electron chi connectivity index (χ0n) is 8.73. The molecular formula is C12H10Cl2IN. The molecule has 1 nitrogen and oxygen atoms in total. The molecule has 0 fully saturated rings. The summed E-state index contributed by atoms with van der Waals surface area (Å²) in [4.78, 5) is 4.60. The van der Waals surface area contributed by atoms with Crippen LogP contribution < -0.4 is 0 Å². The molecule has 0 saturated heterocycles. The van der Waals surface area contributed by atoms with Crippen molar-refractivity contribution in [3.8, 4) is 0 Å². The van der Waals surface area contributed by atoms with Crippen LogP contribution in [0.3, 0.4) is 0 Å². The Morgan fingerprint density at radius 2 is 2.12 bits per heavy atom. The Morgan fingerprint density at radius 1 is 1.38 bits per heavy atom. The molecule has 0 bridgehead atoms. The third-order valence-electron chi connectivity index (χ3n) is 2.55. The van der Waals surface area contributed by atoms with Gasteiger partial charge in [-0.3, -0.25) is 4.98 Å². The monoisotopic (exact) mass is 365 g/mol. The van der Waals surface area contributed by atoms with Crippen molar-refractivity contribution >= 4 is 56.7 Å². The molecule has 1 aromatic carbocycles. The van der Waals surface area contributed by atoms with Crippen LogP contribution in [0.4, 0.5) is 0 Å². The Balaban J connectivity index is 2.78. The van der Waals surface area contributed by atoms with Gasteiger partial charge in [0.05, 0.1) is 10.5 Å². The Labute approximate surface area is 118 Å². The minimum atomic E-state index is 0.567. The molecule has 2 rings (SSSR count). The lowest BCUT2D eigenvalue weighted by Gasteiger charge is -2.10. The molecule has 0 radical (unpaired) electrons. The standard InChI is InChI=1S/C12H10Cl2IN/c1-7-8(5-6-13)11(14)9-3-2-4-10(15)12(9)16-7/h2-4H,5-6H2,1H3. The van der Waals surface area contributed by atoms with Crippen molar-refractivity contribution in [3.05, 3.63) is 38.0 Å². The number of alkyl halides is 1. The van der Waals surface area contributed by atoms with Crippen molar-refractivity contribution < 1.29 is 0 Å². The maximum Gasteiger partial charge on any atom is 0.0853 e. The number of hydrogen-bond donors (Lipinski definition) is 0. The highest BCUT2D eigenvalue weighted by molar-refractivity contribution is 14.1. The summed E-state index contributed by atoms with van der Waals surface area (Å²) >= 11 is 14.4. The lowest BCUT2D eigenvalue weighted by Crippen LogP contribution is -1.98. The predicted molar refractivity (Wildman–Crippen MR) is 78.6 cm³/mol. The highest BCUT2D eigenvalue weighted by Gasteiger charge is 2.11.